The van der Waals surface area contributed by atoms with Crippen LogP contribution in [-0.2, 0) is 0 Å². The molecular formula is C11H20O. The van der Waals surface area contributed by atoms with Gasteiger partial charge in [0.05, 0.1) is 6.10 Å². The van der Waals surface area contributed by atoms with Gasteiger partial charge in [-0.1, -0.05) is 31.4 Å². The topological polar surface area (TPSA) is 20.2 Å². The molecule has 12 heavy (non-hydrogen) atoms. The smallest absolute Gasteiger partial charge is 0.0543 e. The number of rotatable bonds is 0. The van der Waals surface area contributed by atoms with Crippen molar-refractivity contribution in [2.45, 2.75) is 57.5 Å². The van der Waals surface area contributed by atoms with Gasteiger partial charge < -0.3 is 5.11 Å². The lowest BCUT2D eigenvalue weighted by atomic mass is 10.1. The Balaban J connectivity index is 2.22. The zero-order valence-corrected chi connectivity index (χ0v) is 7.84. The molecule has 0 radical (unpaired) electrons. The SMILES string of the molecule is OC1CC/C=C/CCCCCC1. The van der Waals surface area contributed by atoms with Crippen LogP contribution in [0.25, 0.3) is 0 Å². The van der Waals surface area contributed by atoms with Crippen molar-refractivity contribution >= 4 is 0 Å². The molecular weight excluding hydrogens is 148 g/mol. The first-order valence-corrected chi connectivity index (χ1v) is 5.22. The summed E-state index contributed by atoms with van der Waals surface area (Å²) >= 11 is 0. The van der Waals surface area contributed by atoms with Crippen molar-refractivity contribution in [1.29, 1.82) is 0 Å². The predicted octanol–water partition coefficient (Wildman–Crippen LogP) is 3.04. The summed E-state index contributed by atoms with van der Waals surface area (Å²) in [5.41, 5.74) is 0. The molecule has 1 aliphatic carbocycles. The summed E-state index contributed by atoms with van der Waals surface area (Å²) in [6, 6.07) is 0. The Morgan fingerprint density at radius 3 is 2.50 bits per heavy atom. The standard InChI is InChI=1S/C11H20O/c12-11-9-7-5-3-1-2-4-6-8-10-11/h3,5,11-12H,1-2,4,6-10H2/b5-3+. The van der Waals surface area contributed by atoms with Gasteiger partial charge in [-0.2, -0.15) is 0 Å². The largest absolute Gasteiger partial charge is 0.393 e. The van der Waals surface area contributed by atoms with Crippen LogP contribution in [0.5, 0.6) is 0 Å². The molecule has 0 aromatic rings. The molecule has 1 N–H and O–H groups in total. The predicted molar refractivity (Wildman–Crippen MR) is 52.1 cm³/mol. The minimum atomic E-state index is -0.0484. The lowest BCUT2D eigenvalue weighted by molar-refractivity contribution is 0.152. The van der Waals surface area contributed by atoms with Crippen LogP contribution in [0.1, 0.15) is 51.4 Å². The Bertz CT molecular complexity index is 129. The van der Waals surface area contributed by atoms with Crippen molar-refractivity contribution in [3.63, 3.8) is 0 Å². The van der Waals surface area contributed by atoms with Crippen LogP contribution in [0.3, 0.4) is 0 Å². The van der Waals surface area contributed by atoms with Gasteiger partial charge in [0.15, 0.2) is 0 Å². The molecule has 1 heteroatoms. The first-order valence-electron chi connectivity index (χ1n) is 5.22. The van der Waals surface area contributed by atoms with Gasteiger partial charge in [0.25, 0.3) is 0 Å². The normalized spacial score (nSPS) is 30.6. The highest BCUT2D eigenvalue weighted by Crippen LogP contribution is 2.12. The van der Waals surface area contributed by atoms with E-state index in [4.69, 9.17) is 0 Å². The van der Waals surface area contributed by atoms with Crippen molar-refractivity contribution in [1.82, 2.24) is 0 Å². The Kier molecular flexibility index (Phi) is 5.09. The van der Waals surface area contributed by atoms with Crippen LogP contribution in [0.15, 0.2) is 12.2 Å². The van der Waals surface area contributed by atoms with Crippen LogP contribution >= 0.6 is 0 Å². The molecule has 1 atom stereocenters. The highest BCUT2D eigenvalue weighted by atomic mass is 16.3. The van der Waals surface area contributed by atoms with E-state index in [1.165, 1.54) is 32.1 Å². The molecule has 70 valence electrons. The fourth-order valence-electron chi connectivity index (χ4n) is 1.66. The summed E-state index contributed by atoms with van der Waals surface area (Å²) in [6.07, 6.45) is 13.8. The van der Waals surface area contributed by atoms with Crippen molar-refractivity contribution in [3.05, 3.63) is 12.2 Å². The Morgan fingerprint density at radius 1 is 0.833 bits per heavy atom. The van der Waals surface area contributed by atoms with Gasteiger partial charge in [-0.15, -0.1) is 0 Å². The minimum absolute atomic E-state index is 0.0484. The van der Waals surface area contributed by atoms with Crippen molar-refractivity contribution in [2.75, 3.05) is 0 Å². The molecule has 1 nitrogen and oxygen atoms in total. The van der Waals surface area contributed by atoms with Gasteiger partial charge in [-0.25, -0.2) is 0 Å². The summed E-state index contributed by atoms with van der Waals surface area (Å²) in [6.45, 7) is 0. The van der Waals surface area contributed by atoms with E-state index in [1.54, 1.807) is 0 Å². The third kappa shape index (κ3) is 4.55. The maximum atomic E-state index is 9.49. The quantitative estimate of drug-likeness (QED) is 0.551. The highest BCUT2D eigenvalue weighted by molar-refractivity contribution is 4.82. The van der Waals surface area contributed by atoms with E-state index in [9.17, 15) is 5.11 Å². The molecule has 0 heterocycles. The third-order valence-corrected chi connectivity index (χ3v) is 2.49. The second-order valence-electron chi connectivity index (χ2n) is 3.69. The zero-order valence-electron chi connectivity index (χ0n) is 7.84. The van der Waals surface area contributed by atoms with Crippen molar-refractivity contribution < 1.29 is 5.11 Å². The first-order chi connectivity index (χ1) is 5.89. The second kappa shape index (κ2) is 6.24. The molecule has 0 spiro atoms. The highest BCUT2D eigenvalue weighted by Gasteiger charge is 2.02. The van der Waals surface area contributed by atoms with Crippen LogP contribution in [0, 0.1) is 0 Å². The van der Waals surface area contributed by atoms with E-state index in [-0.39, 0.29) is 6.10 Å². The van der Waals surface area contributed by atoms with Crippen molar-refractivity contribution in [2.24, 2.45) is 0 Å². The van der Waals surface area contributed by atoms with Gasteiger partial charge in [-0.05, 0) is 32.1 Å². The summed E-state index contributed by atoms with van der Waals surface area (Å²) in [4.78, 5) is 0. The molecule has 0 amide bonds. The number of aliphatic hydroxyl groups is 1. The Labute approximate surface area is 75.5 Å². The summed E-state index contributed by atoms with van der Waals surface area (Å²) in [7, 11) is 0. The maximum absolute atomic E-state index is 9.49. The van der Waals surface area contributed by atoms with Crippen LogP contribution in [0.4, 0.5) is 0 Å². The van der Waals surface area contributed by atoms with Crippen molar-refractivity contribution in [3.8, 4) is 0 Å². The summed E-state index contributed by atoms with van der Waals surface area (Å²) in [5, 5.41) is 9.49. The molecule has 0 saturated carbocycles. The van der Waals surface area contributed by atoms with E-state index in [0.29, 0.717) is 0 Å². The van der Waals surface area contributed by atoms with E-state index >= 15 is 0 Å². The fourth-order valence-corrected chi connectivity index (χ4v) is 1.66. The summed E-state index contributed by atoms with van der Waals surface area (Å²) in [5.74, 6) is 0. The average Bonchev–Trinajstić information content (AvgIpc) is 2.11. The Hall–Kier alpha value is -0.300. The van der Waals surface area contributed by atoms with Gasteiger partial charge in [0.1, 0.15) is 0 Å². The summed E-state index contributed by atoms with van der Waals surface area (Å²) < 4.78 is 0. The average molecular weight is 168 g/mol. The zero-order chi connectivity index (χ0) is 8.65. The molecule has 1 rings (SSSR count). The molecule has 1 unspecified atom stereocenters. The molecule has 0 fully saturated rings. The van der Waals surface area contributed by atoms with Crippen LogP contribution < -0.4 is 0 Å². The first kappa shape index (κ1) is 9.79. The number of hydrogen-bond acceptors (Lipinski definition) is 1. The Morgan fingerprint density at radius 2 is 1.58 bits per heavy atom. The molecule has 0 bridgehead atoms. The second-order valence-corrected chi connectivity index (χ2v) is 3.69. The van der Waals surface area contributed by atoms with E-state index in [0.717, 1.165) is 19.3 Å². The molecule has 0 saturated heterocycles. The van der Waals surface area contributed by atoms with E-state index in [2.05, 4.69) is 12.2 Å². The third-order valence-electron chi connectivity index (χ3n) is 2.49. The molecule has 0 aliphatic heterocycles. The van der Waals surface area contributed by atoms with Crippen LogP contribution in [0.2, 0.25) is 0 Å². The van der Waals surface area contributed by atoms with Gasteiger partial charge in [0, 0.05) is 0 Å². The van der Waals surface area contributed by atoms with E-state index in [1.807, 2.05) is 0 Å². The van der Waals surface area contributed by atoms with Gasteiger partial charge >= 0.3 is 0 Å². The number of allylic oxidation sites excluding steroid dienone is 2. The monoisotopic (exact) mass is 168 g/mol. The fraction of sp³-hybridized carbons (Fsp3) is 0.818. The molecule has 0 aromatic carbocycles. The minimum Gasteiger partial charge on any atom is -0.393 e. The number of aliphatic hydroxyl groups excluding tert-OH is 1. The maximum Gasteiger partial charge on any atom is 0.0543 e. The van der Waals surface area contributed by atoms with E-state index < -0.39 is 0 Å². The lowest BCUT2D eigenvalue weighted by Gasteiger charge is -2.07. The molecule has 0 aromatic heterocycles. The van der Waals surface area contributed by atoms with Gasteiger partial charge in [0.2, 0.25) is 0 Å². The van der Waals surface area contributed by atoms with Gasteiger partial charge in [-0.3, -0.25) is 0 Å². The number of hydrogen-bond donors (Lipinski definition) is 1. The molecule has 1 aliphatic rings. The van der Waals surface area contributed by atoms with Crippen LogP contribution in [-0.4, -0.2) is 11.2 Å². The lowest BCUT2D eigenvalue weighted by Crippen LogP contribution is -2.04.